The van der Waals surface area contributed by atoms with Crippen molar-refractivity contribution >= 4 is 5.97 Å². The van der Waals surface area contributed by atoms with E-state index in [0.29, 0.717) is 12.3 Å². The van der Waals surface area contributed by atoms with Gasteiger partial charge in [0.1, 0.15) is 11.3 Å². The van der Waals surface area contributed by atoms with Crippen LogP contribution in [0.3, 0.4) is 0 Å². The fourth-order valence-electron chi connectivity index (χ4n) is 1.55. The lowest BCUT2D eigenvalue weighted by molar-refractivity contribution is 0.0694. The minimum atomic E-state index is -0.934. The molecule has 0 saturated carbocycles. The maximum Gasteiger partial charge on any atom is 0.339 e. The molecule has 16 heavy (non-hydrogen) atoms. The van der Waals surface area contributed by atoms with Crippen LogP contribution in [-0.2, 0) is 6.54 Å². The zero-order valence-electron chi connectivity index (χ0n) is 9.66. The maximum absolute atomic E-state index is 10.8. The van der Waals surface area contributed by atoms with Gasteiger partial charge in [0.15, 0.2) is 0 Å². The van der Waals surface area contributed by atoms with Gasteiger partial charge in [-0.15, -0.1) is 0 Å². The number of rotatable bonds is 8. The Hall–Kier alpha value is -1.29. The van der Waals surface area contributed by atoms with Crippen molar-refractivity contribution in [1.29, 1.82) is 0 Å². The van der Waals surface area contributed by atoms with Crippen LogP contribution in [0.5, 0.6) is 0 Å². The number of carboxylic acid groups (broad SMARTS) is 1. The first-order valence-corrected chi connectivity index (χ1v) is 5.76. The second-order valence-electron chi connectivity index (χ2n) is 3.80. The quantitative estimate of drug-likeness (QED) is 0.668. The number of nitrogens with one attached hydrogen (secondary N) is 1. The predicted molar refractivity (Wildman–Crippen MR) is 61.5 cm³/mol. The molecule has 1 aromatic heterocycles. The number of aromatic carboxylic acids is 1. The van der Waals surface area contributed by atoms with Crippen molar-refractivity contribution in [2.75, 3.05) is 6.54 Å². The van der Waals surface area contributed by atoms with Crippen molar-refractivity contribution in [2.24, 2.45) is 0 Å². The van der Waals surface area contributed by atoms with Crippen LogP contribution in [-0.4, -0.2) is 17.6 Å². The Morgan fingerprint density at radius 1 is 1.44 bits per heavy atom. The van der Waals surface area contributed by atoms with Gasteiger partial charge >= 0.3 is 5.97 Å². The van der Waals surface area contributed by atoms with Crippen molar-refractivity contribution in [3.8, 4) is 0 Å². The van der Waals surface area contributed by atoms with E-state index in [9.17, 15) is 4.79 Å². The largest absolute Gasteiger partial charge is 0.478 e. The third-order valence-electron chi connectivity index (χ3n) is 2.47. The Morgan fingerprint density at radius 3 is 2.94 bits per heavy atom. The molecule has 0 aromatic carbocycles. The number of hydrogen-bond donors (Lipinski definition) is 2. The van der Waals surface area contributed by atoms with E-state index in [4.69, 9.17) is 9.52 Å². The monoisotopic (exact) mass is 225 g/mol. The van der Waals surface area contributed by atoms with Gasteiger partial charge in [-0.05, 0) is 19.0 Å². The lowest BCUT2D eigenvalue weighted by Crippen LogP contribution is -2.16. The first-order chi connectivity index (χ1) is 7.75. The molecule has 90 valence electrons. The molecule has 1 rings (SSSR count). The Labute approximate surface area is 95.7 Å². The van der Waals surface area contributed by atoms with E-state index in [1.54, 1.807) is 0 Å². The topological polar surface area (TPSA) is 62.5 Å². The standard InChI is InChI=1S/C12H19NO3/c1-2-3-4-5-7-13-9-11-10(12(14)15)6-8-16-11/h6,8,13H,2-5,7,9H2,1H3,(H,14,15). The zero-order chi connectivity index (χ0) is 11.8. The van der Waals surface area contributed by atoms with Crippen LogP contribution in [0.25, 0.3) is 0 Å². The lowest BCUT2D eigenvalue weighted by atomic mass is 10.2. The van der Waals surface area contributed by atoms with Gasteiger partial charge in [0, 0.05) is 0 Å². The Bertz CT molecular complexity index is 320. The molecule has 0 unspecified atom stereocenters. The molecule has 4 nitrogen and oxygen atoms in total. The number of carbonyl (C=O) groups is 1. The van der Waals surface area contributed by atoms with Crippen molar-refractivity contribution in [3.05, 3.63) is 23.7 Å². The van der Waals surface area contributed by atoms with E-state index >= 15 is 0 Å². The van der Waals surface area contributed by atoms with Gasteiger partial charge in [0.05, 0.1) is 12.8 Å². The van der Waals surface area contributed by atoms with Crippen molar-refractivity contribution in [2.45, 2.75) is 39.2 Å². The van der Waals surface area contributed by atoms with Crippen molar-refractivity contribution in [1.82, 2.24) is 5.32 Å². The summed E-state index contributed by atoms with van der Waals surface area (Å²) < 4.78 is 5.11. The highest BCUT2D eigenvalue weighted by Gasteiger charge is 2.12. The van der Waals surface area contributed by atoms with Crippen molar-refractivity contribution < 1.29 is 14.3 Å². The van der Waals surface area contributed by atoms with E-state index in [-0.39, 0.29) is 5.56 Å². The summed E-state index contributed by atoms with van der Waals surface area (Å²) >= 11 is 0. The summed E-state index contributed by atoms with van der Waals surface area (Å²) in [6.45, 7) is 3.57. The van der Waals surface area contributed by atoms with Gasteiger partial charge in [-0.1, -0.05) is 26.2 Å². The predicted octanol–water partition coefficient (Wildman–Crippen LogP) is 2.65. The molecular formula is C12H19NO3. The molecule has 0 atom stereocenters. The average molecular weight is 225 g/mol. The Balaban J connectivity index is 2.21. The Kier molecular flexibility index (Phi) is 5.64. The third kappa shape index (κ3) is 4.06. The van der Waals surface area contributed by atoms with Gasteiger partial charge in [0.2, 0.25) is 0 Å². The second kappa shape index (κ2) is 7.06. The third-order valence-corrected chi connectivity index (χ3v) is 2.47. The van der Waals surface area contributed by atoms with Gasteiger partial charge < -0.3 is 14.8 Å². The maximum atomic E-state index is 10.8. The molecule has 0 aliphatic rings. The van der Waals surface area contributed by atoms with Crippen LogP contribution in [0.4, 0.5) is 0 Å². The molecule has 0 fully saturated rings. The van der Waals surface area contributed by atoms with Crippen LogP contribution < -0.4 is 5.32 Å². The lowest BCUT2D eigenvalue weighted by Gasteiger charge is -2.03. The summed E-state index contributed by atoms with van der Waals surface area (Å²) in [5.74, 6) is -0.431. The van der Waals surface area contributed by atoms with Gasteiger partial charge in [-0.3, -0.25) is 0 Å². The highest BCUT2D eigenvalue weighted by molar-refractivity contribution is 5.88. The molecule has 0 aliphatic carbocycles. The molecule has 4 heteroatoms. The average Bonchev–Trinajstić information content (AvgIpc) is 2.71. The normalized spacial score (nSPS) is 10.6. The first-order valence-electron chi connectivity index (χ1n) is 5.76. The van der Waals surface area contributed by atoms with Crippen LogP contribution in [0.1, 0.15) is 48.7 Å². The molecule has 1 heterocycles. The highest BCUT2D eigenvalue weighted by Crippen LogP contribution is 2.10. The van der Waals surface area contributed by atoms with Gasteiger partial charge in [-0.25, -0.2) is 4.79 Å². The number of carboxylic acids is 1. The Morgan fingerprint density at radius 2 is 2.25 bits per heavy atom. The highest BCUT2D eigenvalue weighted by atomic mass is 16.4. The SMILES string of the molecule is CCCCCCNCc1occc1C(=O)O. The minimum Gasteiger partial charge on any atom is -0.478 e. The molecular weight excluding hydrogens is 206 g/mol. The molecule has 0 spiro atoms. The molecule has 0 bridgehead atoms. The minimum absolute atomic E-state index is 0.251. The number of hydrogen-bond acceptors (Lipinski definition) is 3. The molecule has 0 amide bonds. The smallest absolute Gasteiger partial charge is 0.339 e. The zero-order valence-corrected chi connectivity index (χ0v) is 9.66. The summed E-state index contributed by atoms with van der Waals surface area (Å²) in [4.78, 5) is 10.8. The molecule has 0 aliphatic heterocycles. The summed E-state index contributed by atoms with van der Waals surface area (Å²) in [5, 5.41) is 12.0. The summed E-state index contributed by atoms with van der Waals surface area (Å²) in [6.07, 6.45) is 6.23. The summed E-state index contributed by atoms with van der Waals surface area (Å²) in [7, 11) is 0. The molecule has 0 radical (unpaired) electrons. The van der Waals surface area contributed by atoms with Crippen LogP contribution in [0, 0.1) is 0 Å². The summed E-state index contributed by atoms with van der Waals surface area (Å²) in [6, 6.07) is 1.48. The van der Waals surface area contributed by atoms with Crippen LogP contribution >= 0.6 is 0 Å². The second-order valence-corrected chi connectivity index (χ2v) is 3.80. The van der Waals surface area contributed by atoms with E-state index in [2.05, 4.69) is 12.2 Å². The van der Waals surface area contributed by atoms with Crippen LogP contribution in [0.15, 0.2) is 16.7 Å². The fraction of sp³-hybridized carbons (Fsp3) is 0.583. The number of furan rings is 1. The van der Waals surface area contributed by atoms with Gasteiger partial charge in [-0.2, -0.15) is 0 Å². The van der Waals surface area contributed by atoms with Gasteiger partial charge in [0.25, 0.3) is 0 Å². The first kappa shape index (κ1) is 12.8. The molecule has 2 N–H and O–H groups in total. The molecule has 0 saturated heterocycles. The number of unbranched alkanes of at least 4 members (excludes halogenated alkanes) is 3. The molecule has 1 aromatic rings. The van der Waals surface area contributed by atoms with E-state index in [0.717, 1.165) is 13.0 Å². The van der Waals surface area contributed by atoms with Crippen LogP contribution in [0.2, 0.25) is 0 Å². The van der Waals surface area contributed by atoms with E-state index in [1.165, 1.54) is 31.6 Å². The fourth-order valence-corrected chi connectivity index (χ4v) is 1.55. The van der Waals surface area contributed by atoms with E-state index < -0.39 is 5.97 Å². The van der Waals surface area contributed by atoms with E-state index in [1.807, 2.05) is 0 Å². The summed E-state index contributed by atoms with van der Waals surface area (Å²) in [5.41, 5.74) is 0.251. The van der Waals surface area contributed by atoms with Crippen molar-refractivity contribution in [3.63, 3.8) is 0 Å².